The van der Waals surface area contributed by atoms with Gasteiger partial charge in [-0.05, 0) is 36.1 Å². The van der Waals surface area contributed by atoms with E-state index < -0.39 is 5.97 Å². The van der Waals surface area contributed by atoms with Crippen molar-refractivity contribution in [2.45, 2.75) is 45.7 Å². The van der Waals surface area contributed by atoms with Crippen LogP contribution in [0.15, 0.2) is 59.4 Å². The second kappa shape index (κ2) is 9.17. The number of hydrogen-bond donors (Lipinski definition) is 1. The number of hydrogen-bond acceptors (Lipinski definition) is 3. The van der Waals surface area contributed by atoms with Crippen molar-refractivity contribution in [3.05, 3.63) is 87.6 Å². The summed E-state index contributed by atoms with van der Waals surface area (Å²) < 4.78 is 3.25. The van der Waals surface area contributed by atoms with Gasteiger partial charge in [0.15, 0.2) is 0 Å². The van der Waals surface area contributed by atoms with Crippen molar-refractivity contribution in [2.24, 2.45) is 0 Å². The molecule has 0 radical (unpaired) electrons. The third kappa shape index (κ3) is 4.76. The SMILES string of the molecule is CCCCc1nn(CCc2ccccc2)c(=O)n1Cc1ccc(C(=O)O)cc1. The third-order valence-corrected chi connectivity index (χ3v) is 4.75. The number of aromatic carboxylic acids is 1. The summed E-state index contributed by atoms with van der Waals surface area (Å²) >= 11 is 0. The van der Waals surface area contributed by atoms with Crippen molar-refractivity contribution in [1.29, 1.82) is 0 Å². The Hall–Kier alpha value is -3.15. The second-order valence-corrected chi connectivity index (χ2v) is 6.85. The van der Waals surface area contributed by atoms with Gasteiger partial charge in [0, 0.05) is 6.42 Å². The molecule has 146 valence electrons. The van der Waals surface area contributed by atoms with Crippen LogP contribution in [0.5, 0.6) is 0 Å². The van der Waals surface area contributed by atoms with E-state index in [1.54, 1.807) is 33.5 Å². The molecule has 6 heteroatoms. The number of aryl methyl sites for hydroxylation is 3. The van der Waals surface area contributed by atoms with Gasteiger partial charge in [-0.2, -0.15) is 5.10 Å². The molecule has 0 aliphatic carbocycles. The molecule has 0 bridgehead atoms. The minimum absolute atomic E-state index is 0.121. The van der Waals surface area contributed by atoms with Crippen LogP contribution in [0.4, 0.5) is 0 Å². The molecular weight excluding hydrogens is 354 g/mol. The predicted octanol–water partition coefficient (Wildman–Crippen LogP) is 3.38. The minimum atomic E-state index is -0.957. The maximum Gasteiger partial charge on any atom is 0.346 e. The van der Waals surface area contributed by atoms with Crippen LogP contribution in [-0.2, 0) is 25.9 Å². The lowest BCUT2D eigenvalue weighted by molar-refractivity contribution is 0.0697. The Morgan fingerprint density at radius 3 is 2.36 bits per heavy atom. The molecule has 0 atom stereocenters. The molecule has 1 heterocycles. The molecule has 3 aromatic rings. The molecular formula is C22H25N3O3. The molecule has 0 amide bonds. The normalized spacial score (nSPS) is 10.9. The number of carboxylic acid groups (broad SMARTS) is 1. The van der Waals surface area contributed by atoms with E-state index in [2.05, 4.69) is 12.0 Å². The van der Waals surface area contributed by atoms with Crippen LogP contribution >= 0.6 is 0 Å². The molecule has 28 heavy (non-hydrogen) atoms. The maximum absolute atomic E-state index is 12.9. The van der Waals surface area contributed by atoms with Gasteiger partial charge in [0.05, 0.1) is 18.7 Å². The molecule has 0 aliphatic heterocycles. The van der Waals surface area contributed by atoms with Crippen LogP contribution in [0, 0.1) is 0 Å². The summed E-state index contributed by atoms with van der Waals surface area (Å²) in [7, 11) is 0. The molecule has 1 aromatic heterocycles. The Balaban J connectivity index is 1.82. The minimum Gasteiger partial charge on any atom is -0.478 e. The molecule has 0 saturated heterocycles. The fourth-order valence-electron chi connectivity index (χ4n) is 3.13. The fraction of sp³-hybridized carbons (Fsp3) is 0.318. The van der Waals surface area contributed by atoms with Gasteiger partial charge in [0.2, 0.25) is 0 Å². The number of rotatable bonds is 9. The molecule has 6 nitrogen and oxygen atoms in total. The highest BCUT2D eigenvalue weighted by molar-refractivity contribution is 5.87. The van der Waals surface area contributed by atoms with E-state index in [-0.39, 0.29) is 11.3 Å². The molecule has 3 rings (SSSR count). The topological polar surface area (TPSA) is 77.1 Å². The third-order valence-electron chi connectivity index (χ3n) is 4.75. The molecule has 0 aliphatic rings. The zero-order chi connectivity index (χ0) is 19.9. The standard InChI is InChI=1S/C22H25N3O3/c1-2-3-9-20-23-25(15-14-17-7-5-4-6-8-17)22(28)24(20)16-18-10-12-19(13-11-18)21(26)27/h4-8,10-13H,2-3,9,14-16H2,1H3,(H,26,27). The van der Waals surface area contributed by atoms with Gasteiger partial charge in [0.25, 0.3) is 0 Å². The van der Waals surface area contributed by atoms with Gasteiger partial charge in [-0.1, -0.05) is 55.8 Å². The summed E-state index contributed by atoms with van der Waals surface area (Å²) in [5.41, 5.74) is 2.17. The van der Waals surface area contributed by atoms with Crippen molar-refractivity contribution >= 4 is 5.97 Å². The van der Waals surface area contributed by atoms with E-state index in [0.29, 0.717) is 13.1 Å². The summed E-state index contributed by atoms with van der Waals surface area (Å²) in [6, 6.07) is 16.7. The van der Waals surface area contributed by atoms with Gasteiger partial charge in [-0.25, -0.2) is 14.3 Å². The van der Waals surface area contributed by atoms with Crippen molar-refractivity contribution in [3.63, 3.8) is 0 Å². The van der Waals surface area contributed by atoms with E-state index in [4.69, 9.17) is 5.11 Å². The molecule has 0 saturated carbocycles. The molecule has 2 aromatic carbocycles. The number of carbonyl (C=O) groups is 1. The Morgan fingerprint density at radius 1 is 1.00 bits per heavy atom. The first-order valence-corrected chi connectivity index (χ1v) is 9.61. The van der Waals surface area contributed by atoms with Crippen LogP contribution in [0.2, 0.25) is 0 Å². The van der Waals surface area contributed by atoms with E-state index in [9.17, 15) is 9.59 Å². The zero-order valence-electron chi connectivity index (χ0n) is 16.0. The summed E-state index contributed by atoms with van der Waals surface area (Å²) in [5, 5.41) is 13.6. The molecule has 0 spiro atoms. The lowest BCUT2D eigenvalue weighted by Gasteiger charge is -2.06. The Morgan fingerprint density at radius 2 is 1.71 bits per heavy atom. The first kappa shape index (κ1) is 19.6. The fourth-order valence-corrected chi connectivity index (χ4v) is 3.13. The van der Waals surface area contributed by atoms with Crippen LogP contribution in [0.3, 0.4) is 0 Å². The molecule has 0 fully saturated rings. The lowest BCUT2D eigenvalue weighted by Crippen LogP contribution is -2.26. The first-order valence-electron chi connectivity index (χ1n) is 9.61. The van der Waals surface area contributed by atoms with Gasteiger partial charge < -0.3 is 5.11 Å². The highest BCUT2D eigenvalue weighted by atomic mass is 16.4. The lowest BCUT2D eigenvalue weighted by atomic mass is 10.1. The average molecular weight is 379 g/mol. The summed E-state index contributed by atoms with van der Waals surface area (Å²) in [6.45, 7) is 3.04. The largest absolute Gasteiger partial charge is 0.478 e. The average Bonchev–Trinajstić information content (AvgIpc) is 3.01. The van der Waals surface area contributed by atoms with Gasteiger partial charge in [0.1, 0.15) is 5.82 Å². The van der Waals surface area contributed by atoms with Gasteiger partial charge >= 0.3 is 11.7 Å². The van der Waals surface area contributed by atoms with Crippen molar-refractivity contribution in [1.82, 2.24) is 14.3 Å². The first-order chi connectivity index (χ1) is 13.6. The van der Waals surface area contributed by atoms with Crippen LogP contribution in [0.1, 0.15) is 47.1 Å². The number of nitrogens with zero attached hydrogens (tertiary/aromatic N) is 3. The van der Waals surface area contributed by atoms with Crippen molar-refractivity contribution in [3.8, 4) is 0 Å². The zero-order valence-corrected chi connectivity index (χ0v) is 16.0. The number of unbranched alkanes of at least 4 members (excludes halogenated alkanes) is 1. The Labute approximate surface area is 164 Å². The quantitative estimate of drug-likeness (QED) is 0.618. The number of aromatic nitrogens is 3. The van der Waals surface area contributed by atoms with E-state index in [0.717, 1.165) is 37.1 Å². The highest BCUT2D eigenvalue weighted by Crippen LogP contribution is 2.09. The van der Waals surface area contributed by atoms with E-state index in [1.807, 2.05) is 30.3 Å². The van der Waals surface area contributed by atoms with Crippen LogP contribution in [0.25, 0.3) is 0 Å². The maximum atomic E-state index is 12.9. The summed E-state index contributed by atoms with van der Waals surface area (Å²) in [5.74, 6) is -0.177. The Kier molecular flexibility index (Phi) is 6.42. The molecule has 1 N–H and O–H groups in total. The summed E-state index contributed by atoms with van der Waals surface area (Å²) in [4.78, 5) is 23.9. The smallest absolute Gasteiger partial charge is 0.346 e. The van der Waals surface area contributed by atoms with E-state index >= 15 is 0 Å². The van der Waals surface area contributed by atoms with Crippen molar-refractivity contribution < 1.29 is 9.90 Å². The van der Waals surface area contributed by atoms with Crippen LogP contribution in [-0.4, -0.2) is 25.4 Å². The highest BCUT2D eigenvalue weighted by Gasteiger charge is 2.14. The Bertz CT molecular complexity index is 973. The monoisotopic (exact) mass is 379 g/mol. The second-order valence-electron chi connectivity index (χ2n) is 6.85. The summed E-state index contributed by atoms with van der Waals surface area (Å²) in [6.07, 6.45) is 3.49. The van der Waals surface area contributed by atoms with Gasteiger partial charge in [-0.3, -0.25) is 4.57 Å². The van der Waals surface area contributed by atoms with Crippen molar-refractivity contribution in [2.75, 3.05) is 0 Å². The molecule has 0 unspecified atom stereocenters. The number of carboxylic acids is 1. The van der Waals surface area contributed by atoms with E-state index in [1.165, 1.54) is 5.56 Å². The van der Waals surface area contributed by atoms with Crippen LogP contribution < -0.4 is 5.69 Å². The predicted molar refractivity (Wildman–Crippen MR) is 108 cm³/mol. The van der Waals surface area contributed by atoms with Gasteiger partial charge in [-0.15, -0.1) is 0 Å². The number of benzene rings is 2.